The lowest BCUT2D eigenvalue weighted by Gasteiger charge is -2.23. The predicted molar refractivity (Wildman–Crippen MR) is 83.4 cm³/mol. The van der Waals surface area contributed by atoms with Gasteiger partial charge in [0.05, 0.1) is 4.90 Å². The minimum Gasteiger partial charge on any atom is -0.347 e. The van der Waals surface area contributed by atoms with Crippen LogP contribution in [0.15, 0.2) is 29.2 Å². The summed E-state index contributed by atoms with van der Waals surface area (Å²) >= 11 is 0. The number of rotatable bonds is 6. The molecule has 0 aliphatic heterocycles. The fourth-order valence-corrected chi connectivity index (χ4v) is 3.54. The predicted octanol–water partition coefficient (Wildman–Crippen LogP) is 1.78. The number of carbonyl (C=O) groups excluding carboxylic acids is 1. The second kappa shape index (κ2) is 7.04. The van der Waals surface area contributed by atoms with Crippen molar-refractivity contribution >= 4 is 15.9 Å². The Morgan fingerprint density at radius 2 is 1.81 bits per heavy atom. The summed E-state index contributed by atoms with van der Waals surface area (Å²) < 4.78 is 27.5. The van der Waals surface area contributed by atoms with Crippen LogP contribution in [0.5, 0.6) is 0 Å². The van der Waals surface area contributed by atoms with Gasteiger partial charge in [0.25, 0.3) is 0 Å². The van der Waals surface area contributed by atoms with Crippen molar-refractivity contribution in [1.82, 2.24) is 9.62 Å². The number of hydrogen-bond donors (Lipinski definition) is 1. The third-order valence-electron chi connectivity index (χ3n) is 3.13. The molecular formula is C15H24N2O3S. The van der Waals surface area contributed by atoms with E-state index in [9.17, 15) is 13.2 Å². The fraction of sp³-hybridized carbons (Fsp3) is 0.533. The molecule has 0 saturated carbocycles. The first-order valence-corrected chi connectivity index (χ1v) is 8.42. The van der Waals surface area contributed by atoms with Crippen molar-refractivity contribution in [3.8, 4) is 0 Å². The van der Waals surface area contributed by atoms with Crippen molar-refractivity contribution in [2.45, 2.75) is 38.1 Å². The largest absolute Gasteiger partial charge is 0.347 e. The minimum atomic E-state index is -3.71. The first-order valence-electron chi connectivity index (χ1n) is 6.94. The van der Waals surface area contributed by atoms with Gasteiger partial charge in [-0.2, -0.15) is 4.72 Å². The normalized spacial score (nSPS) is 13.2. The summed E-state index contributed by atoms with van der Waals surface area (Å²) in [6.07, 6.45) is 0.460. The summed E-state index contributed by atoms with van der Waals surface area (Å²) in [4.78, 5) is 13.8. The second-order valence-electron chi connectivity index (χ2n) is 5.80. The number of nitrogens with zero attached hydrogens (tertiary/aromatic N) is 1. The van der Waals surface area contributed by atoms with Crippen molar-refractivity contribution in [3.63, 3.8) is 0 Å². The Labute approximate surface area is 127 Å². The van der Waals surface area contributed by atoms with Crippen LogP contribution >= 0.6 is 0 Å². The highest BCUT2D eigenvalue weighted by Crippen LogP contribution is 2.16. The van der Waals surface area contributed by atoms with Gasteiger partial charge in [0.1, 0.15) is 6.04 Å². The zero-order valence-corrected chi connectivity index (χ0v) is 14.1. The van der Waals surface area contributed by atoms with E-state index >= 15 is 0 Å². The van der Waals surface area contributed by atoms with E-state index in [0.717, 1.165) is 0 Å². The monoisotopic (exact) mass is 312 g/mol. The molecule has 0 aromatic heterocycles. The molecule has 1 atom stereocenters. The molecule has 1 rings (SSSR count). The Hall–Kier alpha value is -1.40. The topological polar surface area (TPSA) is 66.5 Å². The van der Waals surface area contributed by atoms with Crippen LogP contribution in [0.4, 0.5) is 0 Å². The molecule has 1 amide bonds. The molecule has 6 heteroatoms. The number of aryl methyl sites for hydroxylation is 1. The van der Waals surface area contributed by atoms with E-state index in [0.29, 0.717) is 12.0 Å². The minimum absolute atomic E-state index is 0.207. The lowest BCUT2D eigenvalue weighted by Crippen LogP contribution is -2.46. The summed E-state index contributed by atoms with van der Waals surface area (Å²) in [5.74, 6) is -0.0284. The number of sulfonamides is 1. The van der Waals surface area contributed by atoms with Gasteiger partial charge in [-0.15, -0.1) is 0 Å². The molecule has 1 unspecified atom stereocenters. The van der Waals surface area contributed by atoms with E-state index in [1.54, 1.807) is 45.3 Å². The molecular weight excluding hydrogens is 288 g/mol. The van der Waals surface area contributed by atoms with E-state index in [1.165, 1.54) is 4.90 Å². The molecule has 0 bridgehead atoms. The summed E-state index contributed by atoms with van der Waals surface area (Å²) in [5, 5.41) is 0. The average Bonchev–Trinajstić information content (AvgIpc) is 2.36. The number of hydrogen-bond acceptors (Lipinski definition) is 3. The van der Waals surface area contributed by atoms with Gasteiger partial charge in [0.2, 0.25) is 15.9 Å². The third-order valence-corrected chi connectivity index (χ3v) is 4.76. The maximum Gasteiger partial charge on any atom is 0.241 e. The van der Waals surface area contributed by atoms with E-state index in [-0.39, 0.29) is 16.7 Å². The SMILES string of the molecule is Cc1ccccc1S(=O)(=O)NC(CC(C)C)C(=O)N(C)C. The number of likely N-dealkylation sites (N-methyl/N-ethyl adjacent to an activating group) is 1. The van der Waals surface area contributed by atoms with Crippen LogP contribution in [0.1, 0.15) is 25.8 Å². The van der Waals surface area contributed by atoms with E-state index in [4.69, 9.17) is 0 Å². The van der Waals surface area contributed by atoms with Gasteiger partial charge in [-0.25, -0.2) is 8.42 Å². The maximum atomic E-state index is 12.5. The van der Waals surface area contributed by atoms with Crippen molar-refractivity contribution in [2.24, 2.45) is 5.92 Å². The van der Waals surface area contributed by atoms with Crippen LogP contribution in [0, 0.1) is 12.8 Å². The van der Waals surface area contributed by atoms with E-state index in [2.05, 4.69) is 4.72 Å². The Morgan fingerprint density at radius 3 is 2.29 bits per heavy atom. The third kappa shape index (κ3) is 4.82. The van der Waals surface area contributed by atoms with Gasteiger partial charge in [-0.3, -0.25) is 4.79 Å². The summed E-state index contributed by atoms with van der Waals surface area (Å²) in [5.41, 5.74) is 0.658. The highest BCUT2D eigenvalue weighted by atomic mass is 32.2. The zero-order chi connectivity index (χ0) is 16.2. The smallest absolute Gasteiger partial charge is 0.241 e. The van der Waals surface area contributed by atoms with Gasteiger partial charge >= 0.3 is 0 Å². The van der Waals surface area contributed by atoms with E-state index in [1.807, 2.05) is 13.8 Å². The quantitative estimate of drug-likeness (QED) is 0.870. The van der Waals surface area contributed by atoms with Crippen LogP contribution < -0.4 is 4.72 Å². The molecule has 118 valence electrons. The van der Waals surface area contributed by atoms with E-state index < -0.39 is 16.1 Å². The van der Waals surface area contributed by atoms with Crippen LogP contribution in [-0.2, 0) is 14.8 Å². The Morgan fingerprint density at radius 1 is 1.24 bits per heavy atom. The molecule has 0 fully saturated rings. The summed E-state index contributed by atoms with van der Waals surface area (Å²) in [7, 11) is -0.466. The lowest BCUT2D eigenvalue weighted by atomic mass is 10.0. The highest BCUT2D eigenvalue weighted by molar-refractivity contribution is 7.89. The molecule has 0 saturated heterocycles. The van der Waals surface area contributed by atoms with Crippen molar-refractivity contribution in [3.05, 3.63) is 29.8 Å². The van der Waals surface area contributed by atoms with Gasteiger partial charge in [-0.05, 0) is 30.9 Å². The number of carbonyl (C=O) groups is 1. The van der Waals surface area contributed by atoms with Crippen LogP contribution in [0.25, 0.3) is 0 Å². The molecule has 0 spiro atoms. The molecule has 21 heavy (non-hydrogen) atoms. The van der Waals surface area contributed by atoms with Gasteiger partial charge in [0.15, 0.2) is 0 Å². The molecule has 1 aromatic carbocycles. The summed E-state index contributed by atoms with van der Waals surface area (Å²) in [6.45, 7) is 5.65. The standard InChI is InChI=1S/C15H24N2O3S/c1-11(2)10-13(15(18)17(4)5)16-21(19,20)14-9-7-6-8-12(14)3/h6-9,11,13,16H,10H2,1-5H3. The summed E-state index contributed by atoms with van der Waals surface area (Å²) in [6, 6.07) is 5.99. The first-order chi connectivity index (χ1) is 9.65. The Bertz CT molecular complexity index is 595. The second-order valence-corrected chi connectivity index (χ2v) is 7.48. The highest BCUT2D eigenvalue weighted by Gasteiger charge is 2.28. The number of amides is 1. The lowest BCUT2D eigenvalue weighted by molar-refractivity contribution is -0.130. The first kappa shape index (κ1) is 17.7. The molecule has 0 radical (unpaired) electrons. The molecule has 0 aliphatic carbocycles. The molecule has 1 aromatic rings. The van der Waals surface area contributed by atoms with Crippen LogP contribution in [-0.4, -0.2) is 39.4 Å². The zero-order valence-electron chi connectivity index (χ0n) is 13.3. The maximum absolute atomic E-state index is 12.5. The van der Waals surface area contributed by atoms with Gasteiger partial charge in [0, 0.05) is 14.1 Å². The van der Waals surface area contributed by atoms with Gasteiger partial charge in [-0.1, -0.05) is 32.0 Å². The van der Waals surface area contributed by atoms with Crippen molar-refractivity contribution < 1.29 is 13.2 Å². The molecule has 0 heterocycles. The molecule has 5 nitrogen and oxygen atoms in total. The average molecular weight is 312 g/mol. The molecule has 1 N–H and O–H groups in total. The van der Waals surface area contributed by atoms with Crippen molar-refractivity contribution in [1.29, 1.82) is 0 Å². The van der Waals surface area contributed by atoms with Crippen LogP contribution in [0.2, 0.25) is 0 Å². The van der Waals surface area contributed by atoms with Gasteiger partial charge < -0.3 is 4.90 Å². The van der Waals surface area contributed by atoms with Crippen LogP contribution in [0.3, 0.4) is 0 Å². The Balaban J connectivity index is 3.07. The number of benzene rings is 1. The number of nitrogens with one attached hydrogen (secondary N) is 1. The molecule has 0 aliphatic rings. The van der Waals surface area contributed by atoms with Crippen molar-refractivity contribution in [2.75, 3.05) is 14.1 Å². The Kier molecular flexibility index (Phi) is 5.92. The fourth-order valence-electron chi connectivity index (χ4n) is 2.09.